The third-order valence-corrected chi connectivity index (χ3v) is 5.69. The summed E-state index contributed by atoms with van der Waals surface area (Å²) in [4.78, 5) is 11.5. The fourth-order valence-electron chi connectivity index (χ4n) is 3.72. The van der Waals surface area contributed by atoms with Gasteiger partial charge in [0, 0.05) is 10.9 Å². The number of hydrogen-bond acceptors (Lipinski definition) is 2. The lowest BCUT2D eigenvalue weighted by Crippen LogP contribution is -2.10. The molecule has 2 nitrogen and oxygen atoms in total. The van der Waals surface area contributed by atoms with Gasteiger partial charge in [0.1, 0.15) is 12.4 Å². The number of benzene rings is 2. The van der Waals surface area contributed by atoms with E-state index < -0.39 is 0 Å². The van der Waals surface area contributed by atoms with Gasteiger partial charge in [-0.25, -0.2) is 4.39 Å². The molecular weight excluding hydrogens is 375 g/mol. The van der Waals surface area contributed by atoms with Crippen molar-refractivity contribution in [3.8, 4) is 5.75 Å². The van der Waals surface area contributed by atoms with Crippen LogP contribution in [0.15, 0.2) is 42.0 Å². The Morgan fingerprint density at radius 2 is 1.93 bits per heavy atom. The number of rotatable bonds is 7. The lowest BCUT2D eigenvalue weighted by molar-refractivity contribution is -0.120. The van der Waals surface area contributed by atoms with Crippen LogP contribution in [0.4, 0.5) is 4.39 Å². The highest BCUT2D eigenvalue weighted by Gasteiger charge is 2.19. The van der Waals surface area contributed by atoms with Crippen molar-refractivity contribution in [3.05, 3.63) is 69.5 Å². The number of halogens is 2. The van der Waals surface area contributed by atoms with Crippen LogP contribution in [0.2, 0.25) is 5.02 Å². The Hall–Kier alpha value is -2.13. The summed E-state index contributed by atoms with van der Waals surface area (Å²) in [7, 11) is 0. The van der Waals surface area contributed by atoms with Crippen molar-refractivity contribution in [3.63, 3.8) is 0 Å². The number of allylic oxidation sites excluding steroid dienone is 1. The highest BCUT2D eigenvalue weighted by Crippen LogP contribution is 2.35. The summed E-state index contributed by atoms with van der Waals surface area (Å²) in [6.07, 6.45) is 3.59. The van der Waals surface area contributed by atoms with Gasteiger partial charge >= 0.3 is 0 Å². The molecule has 0 aromatic heterocycles. The third kappa shape index (κ3) is 4.82. The summed E-state index contributed by atoms with van der Waals surface area (Å²) in [5, 5.41) is 0.719. The van der Waals surface area contributed by atoms with E-state index in [2.05, 4.69) is 0 Å². The van der Waals surface area contributed by atoms with Crippen molar-refractivity contribution in [1.29, 1.82) is 0 Å². The zero-order chi connectivity index (χ0) is 20.3. The number of Topliss-reactive ketones (excluding diaryl/α,β-unsaturated/α-hetero) is 1. The molecule has 28 heavy (non-hydrogen) atoms. The lowest BCUT2D eigenvalue weighted by Gasteiger charge is -2.15. The largest absolute Gasteiger partial charge is 0.486 e. The molecule has 1 aliphatic carbocycles. The number of carbonyl (C=O) groups excluding carboxylic acids is 1. The maximum atomic E-state index is 14.7. The van der Waals surface area contributed by atoms with Crippen LogP contribution in [0.3, 0.4) is 0 Å². The van der Waals surface area contributed by atoms with E-state index in [1.165, 1.54) is 17.2 Å². The van der Waals surface area contributed by atoms with Crippen LogP contribution < -0.4 is 4.74 Å². The summed E-state index contributed by atoms with van der Waals surface area (Å²) in [5.74, 6) is -0.0658. The van der Waals surface area contributed by atoms with Crippen molar-refractivity contribution in [1.82, 2.24) is 0 Å². The molecule has 0 fully saturated rings. The summed E-state index contributed by atoms with van der Waals surface area (Å²) in [6.45, 7) is 5.67. The van der Waals surface area contributed by atoms with Crippen molar-refractivity contribution >= 4 is 23.0 Å². The fraction of sp³-hybridized carbons (Fsp3) is 0.375. The van der Waals surface area contributed by atoms with Gasteiger partial charge in [-0.3, -0.25) is 4.79 Å². The van der Waals surface area contributed by atoms with Crippen LogP contribution in [0, 0.1) is 18.7 Å². The van der Waals surface area contributed by atoms with Gasteiger partial charge in [0.05, 0.1) is 0 Å². The molecule has 4 heteroatoms. The molecule has 0 spiro atoms. The zero-order valence-corrected chi connectivity index (χ0v) is 17.4. The minimum absolute atomic E-state index is 0.112. The molecule has 0 N–H and O–H groups in total. The number of ketones is 1. The Morgan fingerprint density at radius 1 is 1.21 bits per heavy atom. The van der Waals surface area contributed by atoms with Crippen molar-refractivity contribution < 1.29 is 13.9 Å². The van der Waals surface area contributed by atoms with Gasteiger partial charge in [-0.15, -0.1) is 0 Å². The van der Waals surface area contributed by atoms with E-state index >= 15 is 0 Å². The monoisotopic (exact) mass is 400 g/mol. The average Bonchev–Trinajstić information content (AvgIpc) is 3.10. The molecule has 0 amide bonds. The van der Waals surface area contributed by atoms with Crippen molar-refractivity contribution in [2.24, 2.45) is 5.92 Å². The average molecular weight is 401 g/mol. The standard InChI is InChI=1S/C24H26ClFO2/c1-15(17(3)27)11-18-12-16(2)24(23(26)13-18)28-14-20-5-4-6-22(20)19-7-9-21(25)10-8-19/h7-10,12-13,15H,4-6,11,14H2,1-3H3. The van der Waals surface area contributed by atoms with E-state index in [0.717, 1.165) is 41.0 Å². The lowest BCUT2D eigenvalue weighted by atomic mass is 9.96. The molecule has 1 aliphatic rings. The number of ether oxygens (including phenoxy) is 1. The van der Waals surface area contributed by atoms with Gasteiger partial charge in [0.25, 0.3) is 0 Å². The van der Waals surface area contributed by atoms with Gasteiger partial charge in [-0.05, 0) is 85.6 Å². The Morgan fingerprint density at radius 3 is 2.57 bits per heavy atom. The van der Waals surface area contributed by atoms with Gasteiger partial charge in [-0.2, -0.15) is 0 Å². The van der Waals surface area contributed by atoms with Gasteiger partial charge in [0.2, 0.25) is 0 Å². The fourth-order valence-corrected chi connectivity index (χ4v) is 3.85. The molecule has 1 unspecified atom stereocenters. The molecule has 148 valence electrons. The Balaban J connectivity index is 1.75. The molecule has 3 rings (SSSR count). The summed E-state index contributed by atoms with van der Waals surface area (Å²) < 4.78 is 20.6. The summed E-state index contributed by atoms with van der Waals surface area (Å²) in [5.41, 5.74) is 5.24. The predicted octanol–water partition coefficient (Wildman–Crippen LogP) is 6.57. The SMILES string of the molecule is CC(=O)C(C)Cc1cc(C)c(OCC2=C(c3ccc(Cl)cc3)CCC2)c(F)c1. The number of aryl methyl sites for hydroxylation is 1. The first kappa shape index (κ1) is 20.6. The van der Waals surface area contributed by atoms with Crippen LogP contribution in [-0.2, 0) is 11.2 Å². The molecule has 0 saturated heterocycles. The second-order valence-corrected chi connectivity index (χ2v) is 8.11. The van der Waals surface area contributed by atoms with E-state index in [0.29, 0.717) is 18.8 Å². The first-order valence-electron chi connectivity index (χ1n) is 9.74. The summed E-state index contributed by atoms with van der Waals surface area (Å²) in [6, 6.07) is 11.3. The molecule has 1 atom stereocenters. The Bertz CT molecular complexity index is 876. The van der Waals surface area contributed by atoms with Crippen LogP contribution in [-0.4, -0.2) is 12.4 Å². The van der Waals surface area contributed by atoms with E-state index in [1.54, 1.807) is 6.92 Å². The highest BCUT2D eigenvalue weighted by atomic mass is 35.5. The second kappa shape index (κ2) is 8.91. The first-order chi connectivity index (χ1) is 13.3. The van der Waals surface area contributed by atoms with E-state index in [4.69, 9.17) is 16.3 Å². The van der Waals surface area contributed by atoms with E-state index in [-0.39, 0.29) is 17.5 Å². The molecule has 0 aliphatic heterocycles. The normalized spacial score (nSPS) is 15.0. The Kier molecular flexibility index (Phi) is 6.56. The van der Waals surface area contributed by atoms with Crippen LogP contribution in [0.25, 0.3) is 5.57 Å². The molecule has 0 radical (unpaired) electrons. The maximum Gasteiger partial charge on any atom is 0.165 e. The van der Waals surface area contributed by atoms with Crippen molar-refractivity contribution in [2.75, 3.05) is 6.61 Å². The minimum Gasteiger partial charge on any atom is -0.486 e. The number of carbonyl (C=O) groups is 1. The molecule has 0 heterocycles. The van der Waals surface area contributed by atoms with Crippen LogP contribution in [0.1, 0.15) is 49.8 Å². The highest BCUT2D eigenvalue weighted by molar-refractivity contribution is 6.30. The van der Waals surface area contributed by atoms with Crippen LogP contribution >= 0.6 is 11.6 Å². The van der Waals surface area contributed by atoms with E-state index in [9.17, 15) is 9.18 Å². The smallest absolute Gasteiger partial charge is 0.165 e. The summed E-state index contributed by atoms with van der Waals surface area (Å²) >= 11 is 5.99. The van der Waals surface area contributed by atoms with Crippen molar-refractivity contribution in [2.45, 2.75) is 46.5 Å². The first-order valence-corrected chi connectivity index (χ1v) is 10.1. The van der Waals surface area contributed by atoms with E-state index in [1.807, 2.05) is 44.2 Å². The van der Waals surface area contributed by atoms with Gasteiger partial charge in [-0.1, -0.05) is 36.7 Å². The second-order valence-electron chi connectivity index (χ2n) is 7.67. The molecular formula is C24H26ClFO2. The predicted molar refractivity (Wildman–Crippen MR) is 112 cm³/mol. The molecule has 2 aromatic rings. The topological polar surface area (TPSA) is 26.3 Å². The van der Waals surface area contributed by atoms with Gasteiger partial charge < -0.3 is 4.74 Å². The Labute approximate surface area is 171 Å². The molecule has 0 saturated carbocycles. The van der Waals surface area contributed by atoms with Crippen LogP contribution in [0.5, 0.6) is 5.75 Å². The molecule has 2 aromatic carbocycles. The third-order valence-electron chi connectivity index (χ3n) is 5.44. The maximum absolute atomic E-state index is 14.7. The quantitative estimate of drug-likeness (QED) is 0.525. The number of hydrogen-bond donors (Lipinski definition) is 0. The van der Waals surface area contributed by atoms with Gasteiger partial charge in [0.15, 0.2) is 11.6 Å². The molecule has 0 bridgehead atoms. The minimum atomic E-state index is -0.364. The zero-order valence-electron chi connectivity index (χ0n) is 16.6.